The summed E-state index contributed by atoms with van der Waals surface area (Å²) in [5.74, 6) is 0.179. The molecule has 2 heterocycles. The van der Waals surface area contributed by atoms with Gasteiger partial charge in [0.1, 0.15) is 17.7 Å². The molecule has 5 heteroatoms. The number of hydrogen-bond donors (Lipinski definition) is 1. The molecular formula is C16H21FO4. The molecule has 0 aromatic heterocycles. The summed E-state index contributed by atoms with van der Waals surface area (Å²) in [6.45, 7) is 3.58. The maximum Gasteiger partial charge on any atom is 0.125 e. The highest BCUT2D eigenvalue weighted by molar-refractivity contribution is 5.35. The Hall–Kier alpha value is -1.17. The van der Waals surface area contributed by atoms with E-state index in [1.165, 1.54) is 12.1 Å². The fourth-order valence-corrected chi connectivity index (χ4v) is 3.08. The summed E-state index contributed by atoms with van der Waals surface area (Å²) in [7, 11) is 0. The molecule has 0 aliphatic carbocycles. The summed E-state index contributed by atoms with van der Waals surface area (Å²) in [6, 6.07) is 4.27. The second-order valence-electron chi connectivity index (χ2n) is 5.92. The summed E-state index contributed by atoms with van der Waals surface area (Å²) < 4.78 is 30.7. The average Bonchev–Trinajstić information content (AvgIpc) is 2.88. The van der Waals surface area contributed by atoms with Crippen LogP contribution in [0.1, 0.15) is 37.9 Å². The van der Waals surface area contributed by atoms with Crippen molar-refractivity contribution in [1.82, 2.24) is 0 Å². The second-order valence-corrected chi connectivity index (χ2v) is 5.92. The zero-order valence-electron chi connectivity index (χ0n) is 12.2. The van der Waals surface area contributed by atoms with Gasteiger partial charge in [0, 0.05) is 31.4 Å². The van der Waals surface area contributed by atoms with Gasteiger partial charge >= 0.3 is 0 Å². The van der Waals surface area contributed by atoms with Crippen molar-refractivity contribution in [3.63, 3.8) is 0 Å². The topological polar surface area (TPSA) is 47.9 Å². The minimum Gasteiger partial charge on any atom is -0.490 e. The third-order valence-corrected chi connectivity index (χ3v) is 4.23. The molecule has 3 atom stereocenters. The van der Waals surface area contributed by atoms with Crippen molar-refractivity contribution in [2.24, 2.45) is 0 Å². The van der Waals surface area contributed by atoms with E-state index in [-0.39, 0.29) is 17.5 Å². The first-order chi connectivity index (χ1) is 10.1. The van der Waals surface area contributed by atoms with Crippen molar-refractivity contribution >= 4 is 0 Å². The van der Waals surface area contributed by atoms with E-state index in [2.05, 4.69) is 0 Å². The fourth-order valence-electron chi connectivity index (χ4n) is 3.08. The lowest BCUT2D eigenvalue weighted by Crippen LogP contribution is -2.44. The molecule has 1 N–H and O–H groups in total. The second kappa shape index (κ2) is 5.91. The maximum atomic E-state index is 13.3. The number of rotatable bonds is 3. The molecule has 116 valence electrons. The van der Waals surface area contributed by atoms with Crippen LogP contribution in [0.5, 0.6) is 5.75 Å². The minimum atomic E-state index is -0.765. The van der Waals surface area contributed by atoms with Crippen molar-refractivity contribution in [3.8, 4) is 5.75 Å². The van der Waals surface area contributed by atoms with Crippen molar-refractivity contribution in [2.45, 2.75) is 44.0 Å². The summed E-state index contributed by atoms with van der Waals surface area (Å²) in [4.78, 5) is 0. The van der Waals surface area contributed by atoms with E-state index in [4.69, 9.17) is 14.2 Å². The number of ether oxygens (including phenoxy) is 3. The van der Waals surface area contributed by atoms with Crippen LogP contribution in [-0.2, 0) is 9.47 Å². The number of aliphatic hydroxyl groups is 1. The van der Waals surface area contributed by atoms with Crippen LogP contribution < -0.4 is 4.74 Å². The molecule has 2 saturated heterocycles. The number of benzene rings is 1. The lowest BCUT2D eigenvalue weighted by atomic mass is 9.91. The van der Waals surface area contributed by atoms with Crippen LogP contribution in [0, 0.1) is 5.82 Å². The van der Waals surface area contributed by atoms with E-state index in [9.17, 15) is 9.50 Å². The van der Waals surface area contributed by atoms with Crippen LogP contribution in [0.4, 0.5) is 4.39 Å². The van der Waals surface area contributed by atoms with Gasteiger partial charge in [-0.3, -0.25) is 0 Å². The standard InChI is InChI=1S/C16H21FO4/c1-11(18)14-8-12(17)2-3-15(14)21-13-4-6-20-16(9-13)5-7-19-10-16/h2-3,8,11,13,18H,4-7,9-10H2,1H3/t11-,13?,16?/m1/s1. The summed E-state index contributed by atoms with van der Waals surface area (Å²) in [5, 5.41) is 9.77. The Labute approximate surface area is 123 Å². The third kappa shape index (κ3) is 3.20. The van der Waals surface area contributed by atoms with Crippen LogP contribution >= 0.6 is 0 Å². The highest BCUT2D eigenvalue weighted by atomic mass is 19.1. The normalized spacial score (nSPS) is 30.5. The van der Waals surface area contributed by atoms with Gasteiger partial charge in [-0.2, -0.15) is 0 Å². The van der Waals surface area contributed by atoms with Crippen molar-refractivity contribution in [2.75, 3.05) is 19.8 Å². The molecule has 0 bridgehead atoms. The highest BCUT2D eigenvalue weighted by Gasteiger charge is 2.42. The lowest BCUT2D eigenvalue weighted by molar-refractivity contribution is -0.112. The minimum absolute atomic E-state index is 0.00316. The third-order valence-electron chi connectivity index (χ3n) is 4.23. The Morgan fingerprint density at radius 1 is 1.43 bits per heavy atom. The summed E-state index contributed by atoms with van der Waals surface area (Å²) in [5.41, 5.74) is 0.256. The zero-order valence-corrected chi connectivity index (χ0v) is 12.2. The molecule has 2 aliphatic heterocycles. The monoisotopic (exact) mass is 296 g/mol. The SMILES string of the molecule is C[C@@H](O)c1cc(F)ccc1OC1CCOC2(CCOC2)C1. The van der Waals surface area contributed by atoms with Crippen molar-refractivity contribution in [1.29, 1.82) is 0 Å². The first-order valence-corrected chi connectivity index (χ1v) is 7.44. The smallest absolute Gasteiger partial charge is 0.125 e. The largest absolute Gasteiger partial charge is 0.490 e. The molecular weight excluding hydrogens is 275 g/mol. The van der Waals surface area contributed by atoms with Gasteiger partial charge in [0.2, 0.25) is 0 Å². The van der Waals surface area contributed by atoms with Crippen molar-refractivity contribution < 1.29 is 23.7 Å². The van der Waals surface area contributed by atoms with E-state index < -0.39 is 6.10 Å². The van der Waals surface area contributed by atoms with E-state index in [1.54, 1.807) is 13.0 Å². The van der Waals surface area contributed by atoms with Gasteiger partial charge in [-0.05, 0) is 25.1 Å². The predicted octanol–water partition coefficient (Wildman–Crippen LogP) is 2.60. The molecule has 0 radical (unpaired) electrons. The predicted molar refractivity (Wildman–Crippen MR) is 74.8 cm³/mol. The molecule has 2 fully saturated rings. The van der Waals surface area contributed by atoms with Crippen LogP contribution in [0.15, 0.2) is 18.2 Å². The molecule has 3 rings (SSSR count). The van der Waals surface area contributed by atoms with Crippen LogP contribution in [0.2, 0.25) is 0 Å². The maximum absolute atomic E-state index is 13.3. The van der Waals surface area contributed by atoms with E-state index in [0.29, 0.717) is 24.5 Å². The van der Waals surface area contributed by atoms with Gasteiger partial charge < -0.3 is 19.3 Å². The van der Waals surface area contributed by atoms with Gasteiger partial charge in [-0.1, -0.05) is 0 Å². The van der Waals surface area contributed by atoms with Gasteiger partial charge in [-0.15, -0.1) is 0 Å². The number of hydrogen-bond acceptors (Lipinski definition) is 4. The molecule has 2 unspecified atom stereocenters. The molecule has 1 aromatic carbocycles. The summed E-state index contributed by atoms with van der Waals surface area (Å²) in [6.07, 6.45) is 1.68. The lowest BCUT2D eigenvalue weighted by Gasteiger charge is -2.37. The Balaban J connectivity index is 1.74. The Morgan fingerprint density at radius 3 is 3.00 bits per heavy atom. The Bertz CT molecular complexity index is 497. The van der Waals surface area contributed by atoms with Gasteiger partial charge in [0.25, 0.3) is 0 Å². The molecule has 2 aliphatic rings. The average molecular weight is 296 g/mol. The number of aliphatic hydroxyl groups excluding tert-OH is 1. The first kappa shape index (κ1) is 14.8. The number of halogens is 1. The summed E-state index contributed by atoms with van der Waals surface area (Å²) >= 11 is 0. The quantitative estimate of drug-likeness (QED) is 0.931. The Morgan fingerprint density at radius 2 is 2.29 bits per heavy atom. The Kier molecular flexibility index (Phi) is 4.15. The molecule has 1 spiro atoms. The highest BCUT2D eigenvalue weighted by Crippen LogP contribution is 2.36. The zero-order chi connectivity index (χ0) is 14.9. The molecule has 1 aromatic rings. The van der Waals surface area contributed by atoms with E-state index in [0.717, 1.165) is 25.9 Å². The fraction of sp³-hybridized carbons (Fsp3) is 0.625. The van der Waals surface area contributed by atoms with Crippen LogP contribution in [0.25, 0.3) is 0 Å². The molecule has 0 amide bonds. The molecule has 4 nitrogen and oxygen atoms in total. The van der Waals surface area contributed by atoms with Crippen molar-refractivity contribution in [3.05, 3.63) is 29.6 Å². The van der Waals surface area contributed by atoms with Gasteiger partial charge in [0.15, 0.2) is 0 Å². The van der Waals surface area contributed by atoms with E-state index in [1.807, 2.05) is 0 Å². The van der Waals surface area contributed by atoms with Gasteiger partial charge in [-0.25, -0.2) is 4.39 Å². The first-order valence-electron chi connectivity index (χ1n) is 7.44. The molecule has 21 heavy (non-hydrogen) atoms. The van der Waals surface area contributed by atoms with E-state index >= 15 is 0 Å². The molecule has 0 saturated carbocycles. The van der Waals surface area contributed by atoms with Crippen LogP contribution in [0.3, 0.4) is 0 Å². The van der Waals surface area contributed by atoms with Crippen LogP contribution in [-0.4, -0.2) is 36.6 Å². The van der Waals surface area contributed by atoms with Gasteiger partial charge in [0.05, 0.1) is 24.9 Å².